The highest BCUT2D eigenvalue weighted by atomic mass is 35.5. The second-order valence-electron chi connectivity index (χ2n) is 9.80. The Hall–Kier alpha value is 0.250. The summed E-state index contributed by atoms with van der Waals surface area (Å²) < 4.78 is 1.22. The first-order valence-corrected chi connectivity index (χ1v) is 12.9. The first-order chi connectivity index (χ1) is 13.0. The van der Waals surface area contributed by atoms with Crippen molar-refractivity contribution in [3.05, 3.63) is 0 Å². The normalized spacial score (nSPS) is 12.8. The molecule has 2 heteroatoms. The molecule has 0 aliphatic carbocycles. The van der Waals surface area contributed by atoms with Crippen LogP contribution in [-0.4, -0.2) is 31.2 Å². The molecule has 28 heavy (non-hydrogen) atoms. The molecule has 0 amide bonds. The molecular formula is C26H56ClN. The molecule has 0 bridgehead atoms. The Labute approximate surface area is 186 Å². The van der Waals surface area contributed by atoms with Crippen LogP contribution < -0.4 is 12.4 Å². The van der Waals surface area contributed by atoms with Gasteiger partial charge in [0.15, 0.2) is 0 Å². The first kappa shape index (κ1) is 30.4. The van der Waals surface area contributed by atoms with Crippen LogP contribution in [0.25, 0.3) is 0 Å². The van der Waals surface area contributed by atoms with Crippen LogP contribution in [0, 0.1) is 0 Å². The van der Waals surface area contributed by atoms with E-state index in [1.165, 1.54) is 133 Å². The van der Waals surface area contributed by atoms with Crippen molar-refractivity contribution in [2.75, 3.05) is 20.6 Å². The zero-order valence-electron chi connectivity index (χ0n) is 20.5. The number of hydrogen-bond donors (Lipinski definition) is 0. The van der Waals surface area contributed by atoms with E-state index in [4.69, 9.17) is 0 Å². The zero-order valence-corrected chi connectivity index (χ0v) is 21.3. The average molecular weight is 418 g/mol. The van der Waals surface area contributed by atoms with Gasteiger partial charge in [-0.25, -0.2) is 0 Å². The first-order valence-electron chi connectivity index (χ1n) is 12.9. The van der Waals surface area contributed by atoms with Gasteiger partial charge >= 0.3 is 0 Å². The molecule has 0 N–H and O–H groups in total. The minimum absolute atomic E-state index is 0. The largest absolute Gasteiger partial charge is 1.00 e. The molecule has 0 radical (unpaired) electrons. The van der Waals surface area contributed by atoms with Crippen LogP contribution in [0.15, 0.2) is 0 Å². The molecule has 0 aliphatic heterocycles. The summed E-state index contributed by atoms with van der Waals surface area (Å²) in [4.78, 5) is 0. The second kappa shape index (κ2) is 21.9. The molecule has 0 rings (SSSR count). The maximum Gasteiger partial charge on any atom is 0.0857 e. The number of unbranched alkanes of at least 4 members (excludes halogenated alkanes) is 16. The lowest BCUT2D eigenvalue weighted by Gasteiger charge is -2.36. The Balaban J connectivity index is 0. The SMILES string of the molecule is CCCCCCCCCCCCCCCCCC[N+](C)(C)C(C)CCCC.[Cl-]. The van der Waals surface area contributed by atoms with Crippen LogP contribution in [0.4, 0.5) is 0 Å². The van der Waals surface area contributed by atoms with Crippen molar-refractivity contribution in [1.82, 2.24) is 0 Å². The van der Waals surface area contributed by atoms with E-state index in [1.807, 2.05) is 0 Å². The summed E-state index contributed by atoms with van der Waals surface area (Å²) in [5, 5.41) is 0. The van der Waals surface area contributed by atoms with Crippen molar-refractivity contribution in [2.45, 2.75) is 149 Å². The van der Waals surface area contributed by atoms with Crippen LogP contribution in [0.2, 0.25) is 0 Å². The Bertz CT molecular complexity index is 290. The van der Waals surface area contributed by atoms with E-state index in [0.717, 1.165) is 6.04 Å². The maximum absolute atomic E-state index is 2.45. The fourth-order valence-corrected chi connectivity index (χ4v) is 4.14. The molecule has 0 saturated heterocycles. The van der Waals surface area contributed by atoms with E-state index in [2.05, 4.69) is 34.9 Å². The van der Waals surface area contributed by atoms with Crippen LogP contribution >= 0.6 is 0 Å². The van der Waals surface area contributed by atoms with Gasteiger partial charge < -0.3 is 16.9 Å². The third-order valence-corrected chi connectivity index (χ3v) is 6.76. The summed E-state index contributed by atoms with van der Waals surface area (Å²) in [5.74, 6) is 0. The van der Waals surface area contributed by atoms with Crippen molar-refractivity contribution in [2.24, 2.45) is 0 Å². The van der Waals surface area contributed by atoms with Gasteiger partial charge in [0, 0.05) is 0 Å². The highest BCUT2D eigenvalue weighted by Crippen LogP contribution is 2.17. The monoisotopic (exact) mass is 417 g/mol. The minimum Gasteiger partial charge on any atom is -1.00 e. The summed E-state index contributed by atoms with van der Waals surface area (Å²) in [5.41, 5.74) is 0. The summed E-state index contributed by atoms with van der Waals surface area (Å²) >= 11 is 0. The van der Waals surface area contributed by atoms with Crippen LogP contribution in [0.1, 0.15) is 143 Å². The minimum atomic E-state index is 0. The molecule has 0 fully saturated rings. The standard InChI is InChI=1S/C26H56N.ClH/c1-6-8-10-11-12-13-14-15-16-17-18-19-20-21-22-23-25-27(4,5)26(3)24-9-7-2;/h26H,6-25H2,1-5H3;1H/q+1;/p-1. The molecule has 0 aliphatic rings. The third kappa shape index (κ3) is 19.6. The quantitative estimate of drug-likeness (QED) is 0.161. The van der Waals surface area contributed by atoms with Gasteiger partial charge in [-0.05, 0) is 32.6 Å². The second-order valence-corrected chi connectivity index (χ2v) is 9.80. The van der Waals surface area contributed by atoms with Crippen molar-refractivity contribution >= 4 is 0 Å². The lowest BCUT2D eigenvalue weighted by atomic mass is 10.0. The molecule has 1 nitrogen and oxygen atoms in total. The fraction of sp³-hybridized carbons (Fsp3) is 1.00. The number of hydrogen-bond acceptors (Lipinski definition) is 0. The lowest BCUT2D eigenvalue weighted by Crippen LogP contribution is -3.00. The topological polar surface area (TPSA) is 0 Å². The maximum atomic E-state index is 2.45. The summed E-state index contributed by atoms with van der Waals surface area (Å²) in [6, 6.07) is 0.821. The Morgan fingerprint density at radius 3 is 1.18 bits per heavy atom. The molecule has 0 heterocycles. The van der Waals surface area contributed by atoms with E-state index in [9.17, 15) is 0 Å². The summed E-state index contributed by atoms with van der Waals surface area (Å²) in [6.07, 6.45) is 27.5. The van der Waals surface area contributed by atoms with Gasteiger partial charge in [-0.2, -0.15) is 0 Å². The molecule has 1 unspecified atom stereocenters. The van der Waals surface area contributed by atoms with Gasteiger partial charge in [0.25, 0.3) is 0 Å². The van der Waals surface area contributed by atoms with Gasteiger partial charge in [0.1, 0.15) is 0 Å². The van der Waals surface area contributed by atoms with Gasteiger partial charge in [0.05, 0.1) is 26.7 Å². The van der Waals surface area contributed by atoms with Crippen LogP contribution in [0.3, 0.4) is 0 Å². The molecule has 0 spiro atoms. The van der Waals surface area contributed by atoms with Gasteiger partial charge in [-0.15, -0.1) is 0 Å². The highest BCUT2D eigenvalue weighted by Gasteiger charge is 2.22. The molecule has 0 aromatic carbocycles. The van der Waals surface area contributed by atoms with Crippen molar-refractivity contribution in [1.29, 1.82) is 0 Å². The lowest BCUT2D eigenvalue weighted by molar-refractivity contribution is -0.913. The molecule has 172 valence electrons. The van der Waals surface area contributed by atoms with Gasteiger partial charge in [0.2, 0.25) is 0 Å². The van der Waals surface area contributed by atoms with Gasteiger partial charge in [-0.3, -0.25) is 0 Å². The molecular weight excluding hydrogens is 362 g/mol. The predicted octanol–water partition coefficient (Wildman–Crippen LogP) is 5.91. The van der Waals surface area contributed by atoms with Gasteiger partial charge in [-0.1, -0.05) is 110 Å². The van der Waals surface area contributed by atoms with E-state index in [0.29, 0.717) is 0 Å². The summed E-state index contributed by atoms with van der Waals surface area (Å²) in [6.45, 7) is 8.42. The number of halogens is 1. The van der Waals surface area contributed by atoms with Crippen molar-refractivity contribution in [3.8, 4) is 0 Å². The van der Waals surface area contributed by atoms with E-state index in [-0.39, 0.29) is 12.4 Å². The van der Waals surface area contributed by atoms with E-state index < -0.39 is 0 Å². The predicted molar refractivity (Wildman–Crippen MR) is 126 cm³/mol. The Morgan fingerprint density at radius 2 is 0.821 bits per heavy atom. The fourth-order valence-electron chi connectivity index (χ4n) is 4.14. The Kier molecular flexibility index (Phi) is 23.9. The average Bonchev–Trinajstić information content (AvgIpc) is 2.65. The number of nitrogens with zero attached hydrogens (tertiary/aromatic N) is 1. The number of rotatable bonds is 21. The van der Waals surface area contributed by atoms with Crippen LogP contribution in [-0.2, 0) is 0 Å². The van der Waals surface area contributed by atoms with Crippen molar-refractivity contribution < 1.29 is 16.9 Å². The molecule has 0 aromatic rings. The summed E-state index contributed by atoms with van der Waals surface area (Å²) in [7, 11) is 4.87. The van der Waals surface area contributed by atoms with Crippen molar-refractivity contribution in [3.63, 3.8) is 0 Å². The molecule has 1 atom stereocenters. The number of quaternary nitrogens is 1. The van der Waals surface area contributed by atoms with Crippen LogP contribution in [0.5, 0.6) is 0 Å². The Morgan fingerprint density at radius 1 is 0.500 bits per heavy atom. The third-order valence-electron chi connectivity index (χ3n) is 6.76. The highest BCUT2D eigenvalue weighted by molar-refractivity contribution is 4.53. The molecule has 0 aromatic heterocycles. The smallest absolute Gasteiger partial charge is 0.0857 e. The zero-order chi connectivity index (χ0) is 20.2. The van der Waals surface area contributed by atoms with E-state index in [1.54, 1.807) is 0 Å². The van der Waals surface area contributed by atoms with E-state index >= 15 is 0 Å². The molecule has 0 saturated carbocycles.